The fraction of sp³-hybridized carbons (Fsp3) is 0.375. The zero-order chi connectivity index (χ0) is 29.9. The Morgan fingerprint density at radius 1 is 0.786 bits per heavy atom. The largest absolute Gasteiger partial charge is 0.368 e. The number of carbonyl (C=O) groups excluding carboxylic acids is 1. The quantitative estimate of drug-likeness (QED) is 0.314. The Balaban J connectivity index is 1.22. The van der Waals surface area contributed by atoms with Crippen molar-refractivity contribution in [2.24, 2.45) is 5.41 Å². The highest BCUT2D eigenvalue weighted by Gasteiger charge is 2.37. The molecule has 1 saturated heterocycles. The van der Waals surface area contributed by atoms with Crippen LogP contribution in [0.5, 0.6) is 0 Å². The minimum Gasteiger partial charge on any atom is -0.368 e. The molecular formula is C32H33N3O5S2. The summed E-state index contributed by atoms with van der Waals surface area (Å²) in [7, 11) is -7.47. The number of carbonyl (C=O) groups is 1. The Morgan fingerprint density at radius 2 is 1.36 bits per heavy atom. The molecule has 0 atom stereocenters. The van der Waals surface area contributed by atoms with Crippen LogP contribution in [0.15, 0.2) is 70.5 Å². The van der Waals surface area contributed by atoms with Gasteiger partial charge >= 0.3 is 0 Å². The summed E-state index contributed by atoms with van der Waals surface area (Å²) in [6, 6.07) is 18.7. The highest BCUT2D eigenvalue weighted by Crippen LogP contribution is 2.42. The number of piperazine rings is 1. The molecule has 0 aromatic heterocycles. The van der Waals surface area contributed by atoms with E-state index in [4.69, 9.17) is 0 Å². The summed E-state index contributed by atoms with van der Waals surface area (Å²) in [6.45, 7) is 5.67. The smallest absolute Gasteiger partial charge is 0.243 e. The molecule has 0 unspecified atom stereocenters. The molecule has 3 aliphatic rings. The van der Waals surface area contributed by atoms with E-state index in [1.165, 1.54) is 22.5 Å². The standard InChI is InChI=1S/C32H33N3O5S2/c1-32(2)13-11-23(12-14-32)41(37,38)24-7-9-26-27-10-8-25(20-29(27)31(36)28(26)19-24)42(39,40)35-17-15-34(16-18-35)30-6-4-3-5-22(30)21-33/h3-10,19-20,23H,11-18H2,1-2H3. The fourth-order valence-corrected chi connectivity index (χ4v) is 9.64. The van der Waals surface area contributed by atoms with Gasteiger partial charge in [-0.25, -0.2) is 16.8 Å². The third-order valence-corrected chi connectivity index (χ3v) is 13.2. The van der Waals surface area contributed by atoms with E-state index in [9.17, 15) is 26.9 Å². The fourth-order valence-electron chi connectivity index (χ4n) is 6.41. The first-order chi connectivity index (χ1) is 19.9. The van der Waals surface area contributed by atoms with Crippen LogP contribution in [0, 0.1) is 16.7 Å². The molecule has 1 saturated carbocycles. The molecule has 1 heterocycles. The number of nitriles is 1. The van der Waals surface area contributed by atoms with Crippen molar-refractivity contribution >= 4 is 31.3 Å². The van der Waals surface area contributed by atoms with Crippen molar-refractivity contribution < 1.29 is 21.6 Å². The van der Waals surface area contributed by atoms with E-state index >= 15 is 0 Å². The van der Waals surface area contributed by atoms with Crippen molar-refractivity contribution in [2.45, 2.75) is 54.6 Å². The number of hydrogen-bond donors (Lipinski definition) is 0. The molecular weight excluding hydrogens is 571 g/mol. The minimum absolute atomic E-state index is 0.0333. The van der Waals surface area contributed by atoms with Gasteiger partial charge in [-0.05, 0) is 78.6 Å². The average molecular weight is 604 g/mol. The maximum Gasteiger partial charge on any atom is 0.243 e. The molecule has 42 heavy (non-hydrogen) atoms. The second-order valence-electron chi connectivity index (χ2n) is 12.2. The predicted molar refractivity (Wildman–Crippen MR) is 161 cm³/mol. The Bertz CT molecular complexity index is 1840. The van der Waals surface area contributed by atoms with E-state index in [-0.39, 0.29) is 39.6 Å². The summed E-state index contributed by atoms with van der Waals surface area (Å²) >= 11 is 0. The third kappa shape index (κ3) is 4.83. The summed E-state index contributed by atoms with van der Waals surface area (Å²) in [5, 5.41) is 8.97. The van der Waals surface area contributed by atoms with E-state index in [2.05, 4.69) is 19.9 Å². The summed E-state index contributed by atoms with van der Waals surface area (Å²) in [5.41, 5.74) is 3.25. The SMILES string of the molecule is CC1(C)CCC(S(=O)(=O)c2ccc3c(c2)C(=O)c2cc(S(=O)(=O)N4CCN(c5ccccc5C#N)CC4)ccc2-3)CC1. The van der Waals surface area contributed by atoms with Crippen molar-refractivity contribution in [3.8, 4) is 17.2 Å². The molecule has 3 aromatic carbocycles. The van der Waals surface area contributed by atoms with Crippen LogP contribution < -0.4 is 4.90 Å². The van der Waals surface area contributed by atoms with E-state index < -0.39 is 25.1 Å². The van der Waals surface area contributed by atoms with E-state index in [1.54, 1.807) is 30.3 Å². The van der Waals surface area contributed by atoms with Gasteiger partial charge in [-0.1, -0.05) is 38.1 Å². The third-order valence-electron chi connectivity index (χ3n) is 9.06. The lowest BCUT2D eigenvalue weighted by atomic mass is 9.77. The topological polar surface area (TPSA) is 116 Å². The molecule has 0 N–H and O–H groups in total. The normalized spacial score (nSPS) is 19.3. The van der Waals surface area contributed by atoms with Gasteiger partial charge < -0.3 is 4.90 Å². The van der Waals surface area contributed by atoms with Crippen LogP contribution in [-0.2, 0) is 19.9 Å². The zero-order valence-electron chi connectivity index (χ0n) is 23.7. The van der Waals surface area contributed by atoms with Crippen molar-refractivity contribution in [2.75, 3.05) is 31.1 Å². The molecule has 6 rings (SSSR count). The maximum atomic E-state index is 13.6. The number of para-hydroxylation sites is 1. The molecule has 1 aliphatic heterocycles. The molecule has 3 aromatic rings. The molecule has 218 valence electrons. The number of nitrogens with zero attached hydrogens (tertiary/aromatic N) is 3. The van der Waals surface area contributed by atoms with Crippen LogP contribution in [-0.4, -0.2) is 58.4 Å². The van der Waals surface area contributed by atoms with E-state index in [0.717, 1.165) is 18.5 Å². The Hall–Kier alpha value is -3.52. The number of ketones is 1. The van der Waals surface area contributed by atoms with Gasteiger partial charge in [-0.15, -0.1) is 0 Å². The van der Waals surface area contributed by atoms with Gasteiger partial charge in [0.05, 0.1) is 26.3 Å². The van der Waals surface area contributed by atoms with Crippen LogP contribution in [0.3, 0.4) is 0 Å². The van der Waals surface area contributed by atoms with Crippen LogP contribution in [0.2, 0.25) is 0 Å². The first kappa shape index (κ1) is 28.6. The number of sulfonamides is 1. The van der Waals surface area contributed by atoms with Gasteiger partial charge in [0.1, 0.15) is 6.07 Å². The number of rotatable bonds is 5. The van der Waals surface area contributed by atoms with Crippen LogP contribution in [0.4, 0.5) is 5.69 Å². The number of benzene rings is 3. The number of sulfone groups is 1. The lowest BCUT2D eigenvalue weighted by Crippen LogP contribution is -2.48. The minimum atomic E-state index is -3.88. The van der Waals surface area contributed by atoms with E-state index in [0.29, 0.717) is 48.2 Å². The molecule has 0 spiro atoms. The Morgan fingerprint density at radius 3 is 1.98 bits per heavy atom. The number of hydrogen-bond acceptors (Lipinski definition) is 7. The first-order valence-corrected chi connectivity index (χ1v) is 17.2. The van der Waals surface area contributed by atoms with Gasteiger partial charge in [0, 0.05) is 37.3 Å². The highest BCUT2D eigenvalue weighted by molar-refractivity contribution is 7.92. The molecule has 0 amide bonds. The average Bonchev–Trinajstić information content (AvgIpc) is 3.27. The second kappa shape index (κ2) is 10.3. The molecule has 2 aliphatic carbocycles. The van der Waals surface area contributed by atoms with Crippen molar-refractivity contribution in [3.05, 3.63) is 77.4 Å². The van der Waals surface area contributed by atoms with Crippen molar-refractivity contribution in [1.29, 1.82) is 5.26 Å². The Labute approximate surface area is 247 Å². The van der Waals surface area contributed by atoms with Crippen molar-refractivity contribution in [1.82, 2.24) is 4.31 Å². The molecule has 8 nitrogen and oxygen atoms in total. The summed E-state index contributed by atoms with van der Waals surface area (Å²) in [4.78, 5) is 15.7. The van der Waals surface area contributed by atoms with Gasteiger partial charge in [-0.2, -0.15) is 9.57 Å². The first-order valence-electron chi connectivity index (χ1n) is 14.2. The zero-order valence-corrected chi connectivity index (χ0v) is 25.3. The van der Waals surface area contributed by atoms with Crippen LogP contribution in [0.1, 0.15) is 61.0 Å². The van der Waals surface area contributed by atoms with Gasteiger partial charge in [0.2, 0.25) is 10.0 Å². The molecule has 2 fully saturated rings. The lowest BCUT2D eigenvalue weighted by molar-refractivity contribution is 0.104. The predicted octanol–water partition coefficient (Wildman–Crippen LogP) is 5.02. The summed E-state index contributed by atoms with van der Waals surface area (Å²) in [6.07, 6.45) is 2.87. The maximum absolute atomic E-state index is 13.6. The van der Waals surface area contributed by atoms with Crippen molar-refractivity contribution in [3.63, 3.8) is 0 Å². The van der Waals surface area contributed by atoms with Gasteiger partial charge in [0.15, 0.2) is 15.6 Å². The van der Waals surface area contributed by atoms with Crippen LogP contribution >= 0.6 is 0 Å². The van der Waals surface area contributed by atoms with Gasteiger partial charge in [-0.3, -0.25) is 4.79 Å². The lowest BCUT2D eigenvalue weighted by Gasteiger charge is -2.35. The van der Waals surface area contributed by atoms with Crippen LogP contribution in [0.25, 0.3) is 11.1 Å². The Kier molecular flexibility index (Phi) is 7.03. The number of fused-ring (bicyclic) bond motifs is 3. The molecule has 10 heteroatoms. The summed E-state index contributed by atoms with van der Waals surface area (Å²) < 4.78 is 55.6. The number of anilines is 1. The highest BCUT2D eigenvalue weighted by atomic mass is 32.2. The molecule has 0 radical (unpaired) electrons. The van der Waals surface area contributed by atoms with E-state index in [1.807, 2.05) is 17.0 Å². The van der Waals surface area contributed by atoms with Gasteiger partial charge in [0.25, 0.3) is 0 Å². The molecule has 0 bridgehead atoms. The second-order valence-corrected chi connectivity index (χ2v) is 16.3. The monoisotopic (exact) mass is 603 g/mol. The summed E-state index contributed by atoms with van der Waals surface area (Å²) in [5.74, 6) is -0.364.